The molecule has 4 heteroatoms. The molecule has 0 bridgehead atoms. The molecule has 0 heterocycles. The van der Waals surface area contributed by atoms with Crippen molar-refractivity contribution >= 4 is 0 Å². The van der Waals surface area contributed by atoms with E-state index in [1.165, 1.54) is 19.1 Å². The highest BCUT2D eigenvalue weighted by Gasteiger charge is 2.15. The first-order chi connectivity index (χ1) is 9.61. The molecule has 0 aliphatic heterocycles. The van der Waals surface area contributed by atoms with Crippen molar-refractivity contribution in [3.8, 4) is 17.6 Å². The lowest BCUT2D eigenvalue weighted by molar-refractivity contribution is 0.190. The van der Waals surface area contributed by atoms with E-state index >= 15 is 0 Å². The summed E-state index contributed by atoms with van der Waals surface area (Å²) in [6.45, 7) is 1.49. The van der Waals surface area contributed by atoms with Gasteiger partial charge in [-0.05, 0) is 36.8 Å². The maximum absolute atomic E-state index is 13.7. The van der Waals surface area contributed by atoms with E-state index in [1.807, 2.05) is 0 Å². The van der Waals surface area contributed by atoms with Gasteiger partial charge in [-0.25, -0.2) is 4.39 Å². The van der Waals surface area contributed by atoms with Gasteiger partial charge in [-0.2, -0.15) is 5.26 Å². The van der Waals surface area contributed by atoms with Crippen LogP contribution >= 0.6 is 0 Å². The minimum atomic E-state index is -0.955. The van der Waals surface area contributed by atoms with Gasteiger partial charge in [0, 0.05) is 0 Å². The van der Waals surface area contributed by atoms with Crippen molar-refractivity contribution in [1.82, 2.24) is 0 Å². The summed E-state index contributed by atoms with van der Waals surface area (Å²) in [6, 6.07) is 13.5. The van der Waals surface area contributed by atoms with Crippen LogP contribution in [0.4, 0.5) is 4.39 Å². The maximum atomic E-state index is 13.7. The van der Waals surface area contributed by atoms with Crippen LogP contribution in [0, 0.1) is 17.1 Å². The number of rotatable bonds is 4. The van der Waals surface area contributed by atoms with Gasteiger partial charge in [0.05, 0.1) is 24.2 Å². The van der Waals surface area contributed by atoms with Crippen LogP contribution in [0.25, 0.3) is 0 Å². The first-order valence-corrected chi connectivity index (χ1v) is 6.22. The lowest BCUT2D eigenvalue weighted by Crippen LogP contribution is -1.99. The van der Waals surface area contributed by atoms with Crippen LogP contribution in [0.2, 0.25) is 0 Å². The fraction of sp³-hybridized carbons (Fsp3) is 0.188. The molecule has 102 valence electrons. The number of aliphatic hydroxyl groups excluding tert-OH is 1. The molecule has 0 spiro atoms. The summed E-state index contributed by atoms with van der Waals surface area (Å²) in [5.74, 6) is 0.311. The Bertz CT molecular complexity index is 630. The van der Waals surface area contributed by atoms with E-state index in [0.717, 1.165) is 5.56 Å². The number of ether oxygens (including phenoxy) is 1. The summed E-state index contributed by atoms with van der Waals surface area (Å²) < 4.78 is 19.3. The van der Waals surface area contributed by atoms with Gasteiger partial charge >= 0.3 is 0 Å². The zero-order valence-electron chi connectivity index (χ0n) is 11.0. The van der Waals surface area contributed by atoms with Gasteiger partial charge in [0.1, 0.15) is 17.3 Å². The number of hydrogen-bond donors (Lipinski definition) is 1. The van der Waals surface area contributed by atoms with Gasteiger partial charge in [-0.3, -0.25) is 0 Å². The van der Waals surface area contributed by atoms with Crippen LogP contribution in [0.1, 0.15) is 24.2 Å². The van der Waals surface area contributed by atoms with Crippen LogP contribution in [-0.2, 0) is 6.42 Å². The van der Waals surface area contributed by atoms with Gasteiger partial charge in [-0.15, -0.1) is 0 Å². The molecule has 20 heavy (non-hydrogen) atoms. The van der Waals surface area contributed by atoms with Crippen molar-refractivity contribution in [2.24, 2.45) is 0 Å². The molecule has 2 aromatic carbocycles. The van der Waals surface area contributed by atoms with E-state index in [2.05, 4.69) is 6.07 Å². The highest BCUT2D eigenvalue weighted by Crippen LogP contribution is 2.31. The van der Waals surface area contributed by atoms with E-state index in [4.69, 9.17) is 10.00 Å². The Morgan fingerprint density at radius 3 is 2.55 bits per heavy atom. The quantitative estimate of drug-likeness (QED) is 0.921. The van der Waals surface area contributed by atoms with E-state index in [-0.39, 0.29) is 11.3 Å². The standard InChI is InChI=1S/C16H14FNO2/c1-11(19)16-14(17)3-2-4-15(16)20-13-7-5-12(6-8-13)9-10-18/h2-8,11,19H,9H2,1H3/t11-/m0/s1. The molecule has 0 saturated carbocycles. The number of hydrogen-bond acceptors (Lipinski definition) is 3. The number of benzene rings is 2. The van der Waals surface area contributed by atoms with Gasteiger partial charge in [-0.1, -0.05) is 18.2 Å². The lowest BCUT2D eigenvalue weighted by atomic mass is 10.1. The zero-order valence-corrected chi connectivity index (χ0v) is 11.0. The number of nitrogens with zero attached hydrogens (tertiary/aromatic N) is 1. The second-order valence-electron chi connectivity index (χ2n) is 4.41. The molecule has 1 N–H and O–H groups in total. The van der Waals surface area contributed by atoms with Gasteiger partial charge in [0.2, 0.25) is 0 Å². The molecule has 2 rings (SSSR count). The smallest absolute Gasteiger partial charge is 0.136 e. The van der Waals surface area contributed by atoms with Crippen molar-refractivity contribution in [3.05, 3.63) is 59.4 Å². The van der Waals surface area contributed by atoms with E-state index < -0.39 is 11.9 Å². The van der Waals surface area contributed by atoms with E-state index in [9.17, 15) is 9.50 Å². The van der Waals surface area contributed by atoms with Crippen LogP contribution < -0.4 is 4.74 Å². The Labute approximate surface area is 116 Å². The van der Waals surface area contributed by atoms with Crippen LogP contribution in [0.5, 0.6) is 11.5 Å². The third kappa shape index (κ3) is 3.14. The second-order valence-corrected chi connectivity index (χ2v) is 4.41. The summed E-state index contributed by atoms with van der Waals surface area (Å²) >= 11 is 0. The Hall–Kier alpha value is -2.38. The Morgan fingerprint density at radius 2 is 1.95 bits per heavy atom. The number of halogens is 1. The Balaban J connectivity index is 2.26. The lowest BCUT2D eigenvalue weighted by Gasteiger charge is -2.14. The molecule has 0 saturated heterocycles. The molecule has 0 aliphatic rings. The Kier molecular flexibility index (Phi) is 4.34. The predicted octanol–water partition coefficient (Wildman–Crippen LogP) is 3.74. The molecule has 2 aromatic rings. The molecule has 0 unspecified atom stereocenters. The predicted molar refractivity (Wildman–Crippen MR) is 72.9 cm³/mol. The third-order valence-electron chi connectivity index (χ3n) is 2.87. The minimum absolute atomic E-state index is 0.133. The molecule has 0 amide bonds. The summed E-state index contributed by atoms with van der Waals surface area (Å²) in [5.41, 5.74) is 1.02. The summed E-state index contributed by atoms with van der Waals surface area (Å²) in [6.07, 6.45) is -0.622. The van der Waals surface area contributed by atoms with Gasteiger partial charge < -0.3 is 9.84 Å². The Morgan fingerprint density at radius 1 is 1.25 bits per heavy atom. The highest BCUT2D eigenvalue weighted by molar-refractivity contribution is 5.40. The molecular formula is C16H14FNO2. The molecule has 1 atom stereocenters. The van der Waals surface area contributed by atoms with Crippen molar-refractivity contribution in [2.75, 3.05) is 0 Å². The largest absolute Gasteiger partial charge is 0.457 e. The highest BCUT2D eigenvalue weighted by atomic mass is 19.1. The first-order valence-electron chi connectivity index (χ1n) is 6.22. The number of aliphatic hydroxyl groups is 1. The van der Waals surface area contributed by atoms with Crippen LogP contribution in [0.3, 0.4) is 0 Å². The first kappa shape index (κ1) is 14.0. The molecule has 0 aromatic heterocycles. The van der Waals surface area contributed by atoms with Crippen LogP contribution in [0.15, 0.2) is 42.5 Å². The molecule has 0 radical (unpaired) electrons. The summed E-state index contributed by atoms with van der Waals surface area (Å²) in [4.78, 5) is 0. The van der Waals surface area contributed by atoms with Crippen molar-refractivity contribution < 1.29 is 14.2 Å². The molecule has 0 fully saturated rings. The third-order valence-corrected chi connectivity index (χ3v) is 2.87. The monoisotopic (exact) mass is 271 g/mol. The molecular weight excluding hydrogens is 257 g/mol. The topological polar surface area (TPSA) is 53.2 Å². The average molecular weight is 271 g/mol. The fourth-order valence-corrected chi connectivity index (χ4v) is 1.91. The molecule has 0 aliphatic carbocycles. The van der Waals surface area contributed by atoms with E-state index in [1.54, 1.807) is 30.3 Å². The average Bonchev–Trinajstić information content (AvgIpc) is 2.41. The normalized spacial score (nSPS) is 11.7. The number of nitriles is 1. The summed E-state index contributed by atoms with van der Waals surface area (Å²) in [7, 11) is 0. The zero-order chi connectivity index (χ0) is 14.5. The SMILES string of the molecule is C[C@H](O)c1c(F)cccc1Oc1ccc(CC#N)cc1. The van der Waals surface area contributed by atoms with Crippen molar-refractivity contribution in [1.29, 1.82) is 5.26 Å². The minimum Gasteiger partial charge on any atom is -0.457 e. The maximum Gasteiger partial charge on any atom is 0.136 e. The van der Waals surface area contributed by atoms with E-state index in [0.29, 0.717) is 12.2 Å². The summed E-state index contributed by atoms with van der Waals surface area (Å²) in [5, 5.41) is 18.2. The van der Waals surface area contributed by atoms with Gasteiger partial charge in [0.15, 0.2) is 0 Å². The second kappa shape index (κ2) is 6.18. The van der Waals surface area contributed by atoms with Gasteiger partial charge in [0.25, 0.3) is 0 Å². The fourth-order valence-electron chi connectivity index (χ4n) is 1.91. The van der Waals surface area contributed by atoms with Crippen molar-refractivity contribution in [2.45, 2.75) is 19.4 Å². The molecule has 3 nitrogen and oxygen atoms in total. The van der Waals surface area contributed by atoms with Crippen molar-refractivity contribution in [3.63, 3.8) is 0 Å². The van der Waals surface area contributed by atoms with Crippen LogP contribution in [-0.4, -0.2) is 5.11 Å².